The van der Waals surface area contributed by atoms with Crippen molar-refractivity contribution in [2.24, 2.45) is 0 Å². The number of phenolic OH excluding ortho intramolecular Hbond substituents is 2. The summed E-state index contributed by atoms with van der Waals surface area (Å²) in [6.07, 6.45) is 0. The minimum absolute atomic E-state index is 0.0321. The van der Waals surface area contributed by atoms with E-state index in [9.17, 15) is 14.7 Å². The number of imide groups is 1. The van der Waals surface area contributed by atoms with Crippen molar-refractivity contribution in [2.45, 2.75) is 13.8 Å². The SMILES string of the molecule is CC.O=C1NC(=O)c2c1cc(O)c(O)c2Cl. The van der Waals surface area contributed by atoms with Gasteiger partial charge >= 0.3 is 0 Å². The van der Waals surface area contributed by atoms with Crippen LogP contribution in [0.4, 0.5) is 0 Å². The van der Waals surface area contributed by atoms with Gasteiger partial charge in [0.15, 0.2) is 11.5 Å². The quantitative estimate of drug-likeness (QED) is 0.478. The van der Waals surface area contributed by atoms with Crippen LogP contribution in [-0.2, 0) is 0 Å². The molecular formula is C10H10ClNO4. The molecule has 0 fully saturated rings. The summed E-state index contributed by atoms with van der Waals surface area (Å²) in [6, 6.07) is 0.997. The van der Waals surface area contributed by atoms with Gasteiger partial charge in [0.05, 0.1) is 16.1 Å². The van der Waals surface area contributed by atoms with E-state index in [2.05, 4.69) is 0 Å². The van der Waals surface area contributed by atoms with Crippen LogP contribution in [0.2, 0.25) is 5.02 Å². The maximum absolute atomic E-state index is 11.2. The first-order chi connectivity index (χ1) is 7.52. The number of rotatable bonds is 0. The second-order valence-corrected chi connectivity index (χ2v) is 3.14. The molecule has 1 heterocycles. The van der Waals surface area contributed by atoms with Gasteiger partial charge in [-0.05, 0) is 6.07 Å². The molecule has 0 spiro atoms. The molecule has 0 aromatic heterocycles. The standard InChI is InChI=1S/C8H4ClNO4.C2H6/c9-5-4-2(1-3(11)6(5)12)7(13)10-8(4)14;1-2/h1,11-12H,(H,10,13,14);1-2H3. The molecule has 1 aromatic rings. The van der Waals surface area contributed by atoms with E-state index in [0.29, 0.717) is 0 Å². The summed E-state index contributed by atoms with van der Waals surface area (Å²) >= 11 is 5.58. The van der Waals surface area contributed by atoms with Crippen LogP contribution in [0, 0.1) is 0 Å². The molecular weight excluding hydrogens is 234 g/mol. The van der Waals surface area contributed by atoms with Crippen LogP contribution in [0.3, 0.4) is 0 Å². The molecule has 6 heteroatoms. The van der Waals surface area contributed by atoms with E-state index in [0.717, 1.165) is 6.07 Å². The van der Waals surface area contributed by atoms with E-state index >= 15 is 0 Å². The molecule has 16 heavy (non-hydrogen) atoms. The zero-order valence-corrected chi connectivity index (χ0v) is 9.42. The Morgan fingerprint density at radius 1 is 1.19 bits per heavy atom. The highest BCUT2D eigenvalue weighted by atomic mass is 35.5. The average Bonchev–Trinajstić information content (AvgIpc) is 2.54. The van der Waals surface area contributed by atoms with E-state index in [1.165, 1.54) is 0 Å². The largest absolute Gasteiger partial charge is 0.504 e. The summed E-state index contributed by atoms with van der Waals surface area (Å²) in [4.78, 5) is 22.3. The average molecular weight is 244 g/mol. The van der Waals surface area contributed by atoms with Crippen molar-refractivity contribution in [3.05, 3.63) is 22.2 Å². The molecule has 0 bridgehead atoms. The molecule has 5 nitrogen and oxygen atoms in total. The molecule has 1 aliphatic rings. The van der Waals surface area contributed by atoms with Crippen molar-refractivity contribution < 1.29 is 19.8 Å². The van der Waals surface area contributed by atoms with Crippen molar-refractivity contribution in [3.8, 4) is 11.5 Å². The van der Waals surface area contributed by atoms with Gasteiger partial charge in [-0.15, -0.1) is 0 Å². The Morgan fingerprint density at radius 2 is 1.75 bits per heavy atom. The number of amides is 2. The zero-order valence-electron chi connectivity index (χ0n) is 8.67. The Kier molecular flexibility index (Phi) is 3.39. The molecule has 0 unspecified atom stereocenters. The molecule has 3 N–H and O–H groups in total. The Labute approximate surface area is 96.7 Å². The molecule has 0 saturated heterocycles. The number of hydrogen-bond donors (Lipinski definition) is 3. The van der Waals surface area contributed by atoms with Gasteiger partial charge in [-0.3, -0.25) is 14.9 Å². The lowest BCUT2D eigenvalue weighted by molar-refractivity contribution is 0.0879. The first-order valence-corrected chi connectivity index (χ1v) is 5.00. The van der Waals surface area contributed by atoms with E-state index in [-0.39, 0.29) is 16.1 Å². The van der Waals surface area contributed by atoms with Crippen LogP contribution in [0.15, 0.2) is 6.07 Å². The van der Waals surface area contributed by atoms with Crippen LogP contribution in [0.1, 0.15) is 34.6 Å². The molecule has 0 saturated carbocycles. The Hall–Kier alpha value is -1.75. The monoisotopic (exact) mass is 243 g/mol. The third-order valence-electron chi connectivity index (χ3n) is 1.92. The van der Waals surface area contributed by atoms with Gasteiger partial charge in [0.25, 0.3) is 11.8 Å². The lowest BCUT2D eigenvalue weighted by Gasteiger charge is -2.02. The Bertz CT molecular complexity index is 470. The Balaban J connectivity index is 0.000000606. The lowest BCUT2D eigenvalue weighted by Crippen LogP contribution is -2.20. The summed E-state index contributed by atoms with van der Waals surface area (Å²) in [7, 11) is 0. The molecule has 0 atom stereocenters. The summed E-state index contributed by atoms with van der Waals surface area (Å²) in [6.45, 7) is 4.00. The van der Waals surface area contributed by atoms with E-state index in [4.69, 9.17) is 16.7 Å². The van der Waals surface area contributed by atoms with Gasteiger partial charge in [-0.1, -0.05) is 25.4 Å². The second kappa shape index (κ2) is 4.40. The fourth-order valence-corrected chi connectivity index (χ4v) is 1.54. The number of aromatic hydroxyl groups is 2. The number of carbonyl (C=O) groups excluding carboxylic acids is 2. The smallest absolute Gasteiger partial charge is 0.260 e. The van der Waals surface area contributed by atoms with Gasteiger partial charge < -0.3 is 10.2 Å². The lowest BCUT2D eigenvalue weighted by atomic mass is 10.1. The first kappa shape index (κ1) is 12.3. The Morgan fingerprint density at radius 3 is 2.31 bits per heavy atom. The number of phenols is 2. The zero-order chi connectivity index (χ0) is 12.5. The molecule has 2 rings (SSSR count). The summed E-state index contributed by atoms with van der Waals surface area (Å²) in [5.74, 6) is -2.44. The number of hydrogen-bond acceptors (Lipinski definition) is 4. The van der Waals surface area contributed by atoms with Crippen LogP contribution >= 0.6 is 11.6 Å². The maximum atomic E-state index is 11.2. The number of halogens is 1. The molecule has 2 amide bonds. The minimum atomic E-state index is -0.676. The van der Waals surface area contributed by atoms with E-state index in [1.807, 2.05) is 19.2 Å². The van der Waals surface area contributed by atoms with Crippen molar-refractivity contribution >= 4 is 23.4 Å². The molecule has 1 aromatic carbocycles. The predicted octanol–water partition coefficient (Wildman–Crippen LogP) is 1.66. The van der Waals surface area contributed by atoms with Gasteiger partial charge in [0, 0.05) is 0 Å². The van der Waals surface area contributed by atoms with Gasteiger partial charge in [-0.25, -0.2) is 0 Å². The number of fused-ring (bicyclic) bond motifs is 1. The molecule has 1 aliphatic heterocycles. The minimum Gasteiger partial charge on any atom is -0.504 e. The maximum Gasteiger partial charge on any atom is 0.260 e. The van der Waals surface area contributed by atoms with Crippen molar-refractivity contribution in [1.82, 2.24) is 5.32 Å². The van der Waals surface area contributed by atoms with Crippen LogP contribution in [0.5, 0.6) is 11.5 Å². The van der Waals surface area contributed by atoms with Gasteiger partial charge in [-0.2, -0.15) is 0 Å². The van der Waals surface area contributed by atoms with E-state index < -0.39 is 23.3 Å². The third kappa shape index (κ3) is 1.69. The molecule has 0 radical (unpaired) electrons. The first-order valence-electron chi connectivity index (χ1n) is 4.62. The van der Waals surface area contributed by atoms with Gasteiger partial charge in [0.1, 0.15) is 0 Å². The van der Waals surface area contributed by atoms with Crippen molar-refractivity contribution in [2.75, 3.05) is 0 Å². The highest BCUT2D eigenvalue weighted by molar-refractivity contribution is 6.38. The van der Waals surface area contributed by atoms with Crippen molar-refractivity contribution in [3.63, 3.8) is 0 Å². The van der Waals surface area contributed by atoms with E-state index in [1.54, 1.807) is 0 Å². The summed E-state index contributed by atoms with van der Waals surface area (Å²) in [5.41, 5.74) is -0.137. The highest BCUT2D eigenvalue weighted by Crippen LogP contribution is 2.39. The fraction of sp³-hybridized carbons (Fsp3) is 0.200. The predicted molar refractivity (Wildman–Crippen MR) is 57.9 cm³/mol. The molecule has 0 aliphatic carbocycles. The topological polar surface area (TPSA) is 86.6 Å². The third-order valence-corrected chi connectivity index (χ3v) is 2.29. The second-order valence-electron chi connectivity index (χ2n) is 2.76. The van der Waals surface area contributed by atoms with Crippen molar-refractivity contribution in [1.29, 1.82) is 0 Å². The fourth-order valence-electron chi connectivity index (χ4n) is 1.26. The highest BCUT2D eigenvalue weighted by Gasteiger charge is 2.32. The normalized spacial score (nSPS) is 12.7. The summed E-state index contributed by atoms with van der Waals surface area (Å²) in [5, 5.41) is 20.0. The van der Waals surface area contributed by atoms with Crippen LogP contribution < -0.4 is 5.32 Å². The number of benzene rings is 1. The van der Waals surface area contributed by atoms with Crippen LogP contribution in [-0.4, -0.2) is 22.0 Å². The summed E-state index contributed by atoms with van der Waals surface area (Å²) < 4.78 is 0. The van der Waals surface area contributed by atoms with Crippen LogP contribution in [0.25, 0.3) is 0 Å². The van der Waals surface area contributed by atoms with Gasteiger partial charge in [0.2, 0.25) is 0 Å². The number of carbonyl (C=O) groups is 2. The number of nitrogens with one attached hydrogen (secondary N) is 1. The molecule has 86 valence electrons.